The van der Waals surface area contributed by atoms with Gasteiger partial charge in [0, 0.05) is 18.7 Å². The van der Waals surface area contributed by atoms with Gasteiger partial charge in [-0.1, -0.05) is 66.2 Å². The number of amides is 5. The van der Waals surface area contributed by atoms with Gasteiger partial charge >= 0.3 is 12.0 Å². The van der Waals surface area contributed by atoms with Crippen LogP contribution in [-0.4, -0.2) is 65.5 Å². The number of rotatable bonds is 9. The highest BCUT2D eigenvalue weighted by Crippen LogP contribution is 2.10. The Kier molecular flexibility index (Phi) is 12.7. The van der Waals surface area contributed by atoms with Crippen molar-refractivity contribution in [3.8, 4) is 0 Å². The summed E-state index contributed by atoms with van der Waals surface area (Å²) in [5.41, 5.74) is 0. The van der Waals surface area contributed by atoms with Gasteiger partial charge in [-0.15, -0.1) is 0 Å². The number of hydrogen-bond donors (Lipinski definition) is 6. The van der Waals surface area contributed by atoms with Crippen LogP contribution in [-0.2, 0) is 19.2 Å². The van der Waals surface area contributed by atoms with Crippen LogP contribution < -0.4 is 26.6 Å². The second-order valence-corrected chi connectivity index (χ2v) is 9.67. The zero-order valence-corrected chi connectivity index (χ0v) is 22.0. The van der Waals surface area contributed by atoms with Crippen molar-refractivity contribution in [3.63, 3.8) is 0 Å². The average Bonchev–Trinajstić information content (AvgIpc) is 2.80. The van der Waals surface area contributed by atoms with Gasteiger partial charge in [0.25, 0.3) is 0 Å². The molecule has 0 aromatic rings. The van der Waals surface area contributed by atoms with Crippen molar-refractivity contribution in [2.24, 2.45) is 17.8 Å². The predicted molar refractivity (Wildman–Crippen MR) is 136 cm³/mol. The van der Waals surface area contributed by atoms with Crippen LogP contribution in [0.3, 0.4) is 0 Å². The van der Waals surface area contributed by atoms with E-state index in [1.165, 1.54) is 6.08 Å². The van der Waals surface area contributed by atoms with Crippen molar-refractivity contribution in [2.75, 3.05) is 6.54 Å². The van der Waals surface area contributed by atoms with Crippen molar-refractivity contribution in [2.45, 2.75) is 78.6 Å². The number of hydrogen-bond acceptors (Lipinski definition) is 5. The summed E-state index contributed by atoms with van der Waals surface area (Å²) in [5.74, 6) is -3.12. The lowest BCUT2D eigenvalue weighted by molar-refractivity contribution is -0.140. The maximum Gasteiger partial charge on any atom is 0.326 e. The third kappa shape index (κ3) is 10.1. The lowest BCUT2D eigenvalue weighted by atomic mass is 9.97. The molecule has 1 aliphatic rings. The summed E-state index contributed by atoms with van der Waals surface area (Å²) < 4.78 is 0. The summed E-state index contributed by atoms with van der Waals surface area (Å²) in [6.07, 6.45) is 7.25. The second kappa shape index (κ2) is 14.9. The Hall–Kier alpha value is -3.37. The maximum absolute atomic E-state index is 13.2. The van der Waals surface area contributed by atoms with Gasteiger partial charge in [-0.2, -0.15) is 0 Å². The molecule has 11 heteroatoms. The van der Waals surface area contributed by atoms with E-state index in [-0.39, 0.29) is 23.7 Å². The molecule has 202 valence electrons. The van der Waals surface area contributed by atoms with Crippen LogP contribution in [0.5, 0.6) is 0 Å². The van der Waals surface area contributed by atoms with E-state index in [1.807, 2.05) is 20.8 Å². The van der Waals surface area contributed by atoms with Crippen molar-refractivity contribution < 1.29 is 29.1 Å². The van der Waals surface area contributed by atoms with Crippen LogP contribution in [0.25, 0.3) is 0 Å². The lowest BCUT2D eigenvalue weighted by Gasteiger charge is -2.28. The van der Waals surface area contributed by atoms with E-state index >= 15 is 0 Å². The third-order valence-corrected chi connectivity index (χ3v) is 6.00. The normalized spacial score (nSPS) is 23.1. The molecule has 1 heterocycles. The topological polar surface area (TPSA) is 166 Å². The highest BCUT2D eigenvalue weighted by Gasteiger charge is 2.31. The average molecular weight is 508 g/mol. The Morgan fingerprint density at radius 3 is 2.25 bits per heavy atom. The molecule has 0 saturated carbocycles. The van der Waals surface area contributed by atoms with Crippen LogP contribution in [0.2, 0.25) is 0 Å². The second-order valence-electron chi connectivity index (χ2n) is 9.67. The Balaban J connectivity index is 3.08. The standard InChI is InChI=1S/C25H41N5O6/c1-7-16(6)21(30-25(36)29-20(15(4)5)24(34)35)23(33)28-18-10-8-9-13-26-19(31)12-11-17(14(2)3)27-22(18)32/h8,10-12,14-18,20-21H,7,9,13H2,1-6H3,(H,26,31)(H,27,32)(H,28,33)(H,34,35)(H2,29,30,36)/b10-8-,12-11+/t16-,17-,18-,20-,21-/m0/s1. The third-order valence-electron chi connectivity index (χ3n) is 6.00. The van der Waals surface area contributed by atoms with Crippen LogP contribution in [0.1, 0.15) is 54.4 Å². The predicted octanol–water partition coefficient (Wildman–Crippen LogP) is 1.07. The first-order chi connectivity index (χ1) is 16.9. The molecule has 0 fully saturated rings. The molecular formula is C25H41N5O6. The molecule has 0 aliphatic carbocycles. The van der Waals surface area contributed by atoms with Crippen molar-refractivity contribution in [3.05, 3.63) is 24.3 Å². The van der Waals surface area contributed by atoms with E-state index in [9.17, 15) is 29.1 Å². The Labute approximate surface area is 212 Å². The van der Waals surface area contributed by atoms with E-state index < -0.39 is 48.0 Å². The van der Waals surface area contributed by atoms with Crippen molar-refractivity contribution in [1.82, 2.24) is 26.6 Å². The molecule has 0 radical (unpaired) electrons. The molecule has 0 spiro atoms. The van der Waals surface area contributed by atoms with E-state index in [1.54, 1.807) is 39.0 Å². The van der Waals surface area contributed by atoms with Crippen LogP contribution in [0, 0.1) is 17.8 Å². The molecule has 36 heavy (non-hydrogen) atoms. The Morgan fingerprint density at radius 1 is 1.06 bits per heavy atom. The number of carboxylic acid groups (broad SMARTS) is 1. The summed E-state index contributed by atoms with van der Waals surface area (Å²) in [6, 6.07) is -4.35. The van der Waals surface area contributed by atoms with Gasteiger partial charge in [-0.05, 0) is 24.2 Å². The fourth-order valence-electron chi connectivity index (χ4n) is 3.44. The van der Waals surface area contributed by atoms with Crippen LogP contribution >= 0.6 is 0 Å². The molecular weight excluding hydrogens is 466 g/mol. The molecule has 0 unspecified atom stereocenters. The maximum atomic E-state index is 13.2. The Bertz CT molecular complexity index is 854. The fraction of sp³-hybridized carbons (Fsp3) is 0.640. The molecule has 0 bridgehead atoms. The van der Waals surface area contributed by atoms with Crippen molar-refractivity contribution in [1.29, 1.82) is 0 Å². The Morgan fingerprint density at radius 2 is 1.69 bits per heavy atom. The highest BCUT2D eigenvalue weighted by molar-refractivity contribution is 5.94. The van der Waals surface area contributed by atoms with Crippen molar-refractivity contribution >= 4 is 29.7 Å². The minimum Gasteiger partial charge on any atom is -0.480 e. The van der Waals surface area contributed by atoms with Gasteiger partial charge in [-0.25, -0.2) is 9.59 Å². The summed E-state index contributed by atoms with van der Waals surface area (Å²) >= 11 is 0. The van der Waals surface area contributed by atoms with Gasteiger partial charge in [0.1, 0.15) is 18.1 Å². The molecule has 5 atom stereocenters. The summed E-state index contributed by atoms with van der Waals surface area (Å²) in [7, 11) is 0. The van der Waals surface area contributed by atoms with Crippen LogP contribution in [0.4, 0.5) is 4.79 Å². The minimum atomic E-state index is -1.18. The number of carboxylic acids is 1. The van der Waals surface area contributed by atoms with E-state index in [0.717, 1.165) is 0 Å². The molecule has 0 aromatic carbocycles. The highest BCUT2D eigenvalue weighted by atomic mass is 16.4. The monoisotopic (exact) mass is 507 g/mol. The smallest absolute Gasteiger partial charge is 0.326 e. The number of carbonyl (C=O) groups is 5. The summed E-state index contributed by atoms with van der Waals surface area (Å²) in [5, 5.41) is 22.6. The number of carbonyl (C=O) groups excluding carboxylic acids is 4. The van der Waals surface area contributed by atoms with Gasteiger partial charge < -0.3 is 31.7 Å². The molecule has 1 rings (SSSR count). The first-order valence-electron chi connectivity index (χ1n) is 12.4. The molecule has 0 aromatic heterocycles. The zero-order valence-electron chi connectivity index (χ0n) is 22.0. The molecule has 1 aliphatic heterocycles. The molecule has 5 amide bonds. The van der Waals surface area contributed by atoms with Gasteiger partial charge in [-0.3, -0.25) is 14.4 Å². The van der Waals surface area contributed by atoms with Gasteiger partial charge in [0.05, 0.1) is 0 Å². The quantitative estimate of drug-likeness (QED) is 0.255. The van der Waals surface area contributed by atoms with Crippen LogP contribution in [0.15, 0.2) is 24.3 Å². The SMILES string of the molecule is CC[C@H](C)[C@H](NC(=O)N[C@H](C(=O)O)C(C)C)C(=O)N[C@H]1/C=C\CCNC(=O)/C=C/[C@@H](C(C)C)NC1=O. The summed E-state index contributed by atoms with van der Waals surface area (Å²) in [6.45, 7) is 11.1. The molecule has 0 saturated heterocycles. The largest absolute Gasteiger partial charge is 0.480 e. The fourth-order valence-corrected chi connectivity index (χ4v) is 3.44. The first-order valence-corrected chi connectivity index (χ1v) is 12.4. The number of urea groups is 1. The zero-order chi connectivity index (χ0) is 27.4. The van der Waals surface area contributed by atoms with E-state index in [4.69, 9.17) is 0 Å². The number of nitrogens with one attached hydrogen (secondary N) is 5. The van der Waals surface area contributed by atoms with Gasteiger partial charge in [0.2, 0.25) is 17.7 Å². The first kappa shape index (κ1) is 30.7. The van der Waals surface area contributed by atoms with Gasteiger partial charge in [0.15, 0.2) is 0 Å². The minimum absolute atomic E-state index is 0.0114. The molecule has 11 nitrogen and oxygen atoms in total. The molecule has 6 N–H and O–H groups in total. The number of aliphatic carboxylic acids is 1. The summed E-state index contributed by atoms with van der Waals surface area (Å²) in [4.78, 5) is 62.2. The van der Waals surface area contributed by atoms with E-state index in [0.29, 0.717) is 19.4 Å². The van der Waals surface area contributed by atoms with E-state index in [2.05, 4.69) is 26.6 Å². The lowest BCUT2D eigenvalue weighted by Crippen LogP contribution is -2.59.